The number of nitrogens with zero attached hydrogens (tertiary/aromatic N) is 2. The van der Waals surface area contributed by atoms with Gasteiger partial charge in [-0.15, -0.1) is 11.8 Å². The average molecular weight is 410 g/mol. The van der Waals surface area contributed by atoms with Crippen LogP contribution >= 0.6 is 23.4 Å². The molecule has 1 N–H and O–H groups in total. The van der Waals surface area contributed by atoms with Crippen LogP contribution in [0, 0.1) is 0 Å². The zero-order valence-corrected chi connectivity index (χ0v) is 17.8. The number of rotatable bonds is 10. The van der Waals surface area contributed by atoms with Crippen molar-refractivity contribution in [1.82, 2.24) is 14.8 Å². The highest BCUT2D eigenvalue weighted by Crippen LogP contribution is 2.28. The summed E-state index contributed by atoms with van der Waals surface area (Å²) in [6, 6.07) is 7.05. The van der Waals surface area contributed by atoms with Gasteiger partial charge >= 0.3 is 0 Å². The Morgan fingerprint density at radius 3 is 2.74 bits per heavy atom. The van der Waals surface area contributed by atoms with E-state index in [1.165, 1.54) is 24.6 Å². The quantitative estimate of drug-likeness (QED) is 0.610. The van der Waals surface area contributed by atoms with Crippen LogP contribution in [-0.4, -0.2) is 47.3 Å². The van der Waals surface area contributed by atoms with Crippen LogP contribution in [0.5, 0.6) is 0 Å². The van der Waals surface area contributed by atoms with Crippen molar-refractivity contribution < 1.29 is 4.79 Å². The molecule has 1 aromatic heterocycles. The minimum atomic E-state index is -0.109. The first-order chi connectivity index (χ1) is 13.0. The molecule has 2 aromatic rings. The standard InChI is InChI=1S/C20H28ClN3O2S/c1-4-6-10-24(5-2)11-9-22-19(25)14-27-18-13-20(26)23(3)17-12-15(21)7-8-16(17)18/h7-8,12-13H,4-6,9-11,14H2,1-3H3,(H,22,25). The molecule has 27 heavy (non-hydrogen) atoms. The third kappa shape index (κ3) is 6.26. The Kier molecular flexibility index (Phi) is 8.67. The monoisotopic (exact) mass is 409 g/mol. The summed E-state index contributed by atoms with van der Waals surface area (Å²) >= 11 is 7.44. The summed E-state index contributed by atoms with van der Waals surface area (Å²) in [6.07, 6.45) is 2.35. The molecular formula is C20H28ClN3O2S. The van der Waals surface area contributed by atoms with E-state index in [-0.39, 0.29) is 17.2 Å². The fraction of sp³-hybridized carbons (Fsp3) is 0.500. The number of nitrogens with one attached hydrogen (secondary N) is 1. The van der Waals surface area contributed by atoms with Crippen molar-refractivity contribution in [1.29, 1.82) is 0 Å². The van der Waals surface area contributed by atoms with Gasteiger partial charge in [0.25, 0.3) is 5.56 Å². The smallest absolute Gasteiger partial charge is 0.251 e. The Labute approximate surface area is 170 Å². The van der Waals surface area contributed by atoms with E-state index in [0.717, 1.165) is 35.4 Å². The Hall–Kier alpha value is -1.50. The molecule has 0 aliphatic carbocycles. The van der Waals surface area contributed by atoms with Crippen LogP contribution in [0.25, 0.3) is 10.9 Å². The van der Waals surface area contributed by atoms with Crippen molar-refractivity contribution in [3.05, 3.63) is 39.6 Å². The van der Waals surface area contributed by atoms with Crippen LogP contribution in [-0.2, 0) is 11.8 Å². The van der Waals surface area contributed by atoms with Gasteiger partial charge in [-0.05, 0) is 31.6 Å². The number of aromatic nitrogens is 1. The Bertz CT molecular complexity index is 838. The normalized spacial score (nSPS) is 11.3. The van der Waals surface area contributed by atoms with Crippen LogP contribution in [0.15, 0.2) is 34.0 Å². The highest BCUT2D eigenvalue weighted by atomic mass is 35.5. The van der Waals surface area contributed by atoms with Gasteiger partial charge in [0.2, 0.25) is 5.91 Å². The van der Waals surface area contributed by atoms with Crippen molar-refractivity contribution >= 4 is 40.2 Å². The number of halogens is 1. The van der Waals surface area contributed by atoms with Crippen LogP contribution in [0.4, 0.5) is 0 Å². The first kappa shape index (κ1) is 21.8. The summed E-state index contributed by atoms with van der Waals surface area (Å²) in [4.78, 5) is 27.5. The van der Waals surface area contributed by atoms with E-state index in [1.807, 2.05) is 6.07 Å². The minimum absolute atomic E-state index is 0.0191. The number of pyridine rings is 1. The van der Waals surface area contributed by atoms with Crippen molar-refractivity contribution in [2.24, 2.45) is 7.05 Å². The van der Waals surface area contributed by atoms with Gasteiger partial charge in [-0.2, -0.15) is 0 Å². The third-order valence-electron chi connectivity index (χ3n) is 4.56. The molecule has 0 aliphatic heterocycles. The highest BCUT2D eigenvalue weighted by Gasteiger charge is 2.10. The van der Waals surface area contributed by atoms with Crippen LogP contribution in [0.3, 0.4) is 0 Å². The number of fused-ring (bicyclic) bond motifs is 1. The van der Waals surface area contributed by atoms with Crippen LogP contribution in [0.1, 0.15) is 26.7 Å². The lowest BCUT2D eigenvalue weighted by Gasteiger charge is -2.20. The van der Waals surface area contributed by atoms with E-state index in [1.54, 1.807) is 29.8 Å². The number of carbonyl (C=O) groups is 1. The summed E-state index contributed by atoms with van der Waals surface area (Å²) < 4.78 is 1.57. The Balaban J connectivity index is 1.94. The molecule has 0 aliphatic rings. The number of aryl methyl sites for hydroxylation is 1. The Morgan fingerprint density at radius 2 is 2.04 bits per heavy atom. The first-order valence-electron chi connectivity index (χ1n) is 9.37. The predicted octanol–water partition coefficient (Wildman–Crippen LogP) is 3.52. The average Bonchev–Trinajstić information content (AvgIpc) is 2.66. The van der Waals surface area contributed by atoms with Crippen molar-refractivity contribution in [3.63, 3.8) is 0 Å². The summed E-state index contributed by atoms with van der Waals surface area (Å²) in [5, 5.41) is 4.48. The van der Waals surface area contributed by atoms with Crippen molar-refractivity contribution in [2.45, 2.75) is 31.6 Å². The van der Waals surface area contributed by atoms with Gasteiger partial charge < -0.3 is 14.8 Å². The van der Waals surface area contributed by atoms with Crippen LogP contribution < -0.4 is 10.9 Å². The van der Waals surface area contributed by atoms with Gasteiger partial charge in [-0.3, -0.25) is 9.59 Å². The summed E-state index contributed by atoms with van der Waals surface area (Å²) in [5.74, 6) is 0.265. The molecule has 1 aromatic carbocycles. The Morgan fingerprint density at radius 1 is 1.26 bits per heavy atom. The molecule has 1 amide bonds. The molecule has 5 nitrogen and oxygen atoms in total. The zero-order valence-electron chi connectivity index (χ0n) is 16.3. The molecule has 7 heteroatoms. The fourth-order valence-electron chi connectivity index (χ4n) is 2.87. The van der Waals surface area contributed by atoms with Crippen molar-refractivity contribution in [2.75, 3.05) is 31.9 Å². The highest BCUT2D eigenvalue weighted by molar-refractivity contribution is 8.00. The summed E-state index contributed by atoms with van der Waals surface area (Å²) in [6.45, 7) is 7.89. The molecular weight excluding hydrogens is 382 g/mol. The topological polar surface area (TPSA) is 54.3 Å². The maximum absolute atomic E-state index is 12.2. The molecule has 0 atom stereocenters. The van der Waals surface area contributed by atoms with E-state index in [9.17, 15) is 9.59 Å². The number of hydrogen-bond acceptors (Lipinski definition) is 4. The number of carbonyl (C=O) groups excluding carboxylic acids is 1. The lowest BCUT2D eigenvalue weighted by molar-refractivity contribution is -0.118. The zero-order chi connectivity index (χ0) is 19.8. The van der Waals surface area contributed by atoms with Gasteiger partial charge in [-0.1, -0.05) is 37.9 Å². The molecule has 1 heterocycles. The molecule has 0 saturated heterocycles. The summed E-state index contributed by atoms with van der Waals surface area (Å²) in [5.41, 5.74) is 0.662. The first-order valence-corrected chi connectivity index (χ1v) is 10.7. The number of hydrogen-bond donors (Lipinski definition) is 1. The number of unbranched alkanes of at least 4 members (excludes halogenated alkanes) is 1. The fourth-order valence-corrected chi connectivity index (χ4v) is 3.94. The van der Waals surface area contributed by atoms with Gasteiger partial charge in [-0.25, -0.2) is 0 Å². The van der Waals surface area contributed by atoms with Gasteiger partial charge in [0.1, 0.15) is 0 Å². The second kappa shape index (κ2) is 10.7. The lowest BCUT2D eigenvalue weighted by atomic mass is 10.2. The van der Waals surface area contributed by atoms with E-state index in [0.29, 0.717) is 11.6 Å². The number of likely N-dealkylation sites (N-methyl/N-ethyl adjacent to an activating group) is 1. The summed E-state index contributed by atoms with van der Waals surface area (Å²) in [7, 11) is 1.72. The van der Waals surface area contributed by atoms with Gasteiger partial charge in [0.05, 0.1) is 11.3 Å². The molecule has 0 fully saturated rings. The maximum Gasteiger partial charge on any atom is 0.251 e. The minimum Gasteiger partial charge on any atom is -0.354 e. The molecule has 148 valence electrons. The molecule has 0 spiro atoms. The number of thioether (sulfide) groups is 1. The van der Waals surface area contributed by atoms with E-state index in [4.69, 9.17) is 11.6 Å². The molecule has 2 rings (SSSR count). The van der Waals surface area contributed by atoms with Gasteiger partial charge in [0.15, 0.2) is 0 Å². The number of benzene rings is 1. The largest absolute Gasteiger partial charge is 0.354 e. The van der Waals surface area contributed by atoms with E-state index >= 15 is 0 Å². The van der Waals surface area contributed by atoms with Crippen molar-refractivity contribution in [3.8, 4) is 0 Å². The van der Waals surface area contributed by atoms with Gasteiger partial charge in [0, 0.05) is 41.5 Å². The second-order valence-electron chi connectivity index (χ2n) is 6.49. The third-order valence-corrected chi connectivity index (χ3v) is 5.85. The maximum atomic E-state index is 12.2. The number of amides is 1. The van der Waals surface area contributed by atoms with E-state index < -0.39 is 0 Å². The second-order valence-corrected chi connectivity index (χ2v) is 7.95. The predicted molar refractivity (Wildman–Crippen MR) is 115 cm³/mol. The lowest BCUT2D eigenvalue weighted by Crippen LogP contribution is -2.36. The molecule has 0 unspecified atom stereocenters. The molecule has 0 saturated carbocycles. The molecule has 0 radical (unpaired) electrons. The van der Waals surface area contributed by atoms with E-state index in [2.05, 4.69) is 24.1 Å². The SMILES string of the molecule is CCCCN(CC)CCNC(=O)CSc1cc(=O)n(C)c2cc(Cl)ccc12. The molecule has 0 bridgehead atoms. The van der Waals surface area contributed by atoms with Crippen LogP contribution in [0.2, 0.25) is 5.02 Å².